The topological polar surface area (TPSA) is 77.2 Å². The molecule has 0 saturated carbocycles. The van der Waals surface area contributed by atoms with E-state index < -0.39 is 0 Å². The summed E-state index contributed by atoms with van der Waals surface area (Å²) in [6.45, 7) is 0.148. The predicted molar refractivity (Wildman–Crippen MR) is 92.9 cm³/mol. The number of hydrogen-bond donors (Lipinski definition) is 1. The Bertz CT molecular complexity index is 860. The van der Waals surface area contributed by atoms with Gasteiger partial charge in [0.05, 0.1) is 13.7 Å². The zero-order valence-corrected chi connectivity index (χ0v) is 14.2. The van der Waals surface area contributed by atoms with Gasteiger partial charge in [0, 0.05) is 12.0 Å². The number of hydrogen-bond acceptors (Lipinski definition) is 5. The van der Waals surface area contributed by atoms with Crippen molar-refractivity contribution >= 4 is 5.91 Å². The molecule has 0 radical (unpaired) electrons. The molecule has 134 valence electrons. The molecule has 6 nitrogen and oxygen atoms in total. The molecule has 2 aromatic carbocycles. The maximum absolute atomic E-state index is 12.9. The molecular weight excluding hydrogens is 337 g/mol. The molecule has 0 aliphatic rings. The molecule has 0 atom stereocenters. The number of amides is 1. The van der Waals surface area contributed by atoms with E-state index in [1.54, 1.807) is 19.2 Å². The third-order valence-corrected chi connectivity index (χ3v) is 3.79. The first-order valence-electron chi connectivity index (χ1n) is 8.12. The Morgan fingerprint density at radius 1 is 1.12 bits per heavy atom. The van der Waals surface area contributed by atoms with Gasteiger partial charge in [-0.2, -0.15) is 0 Å². The van der Waals surface area contributed by atoms with Crippen molar-refractivity contribution in [3.05, 3.63) is 65.8 Å². The number of ether oxygens (including phenoxy) is 1. The summed E-state index contributed by atoms with van der Waals surface area (Å²) >= 11 is 0. The van der Waals surface area contributed by atoms with Crippen molar-refractivity contribution in [1.29, 1.82) is 0 Å². The smallest absolute Gasteiger partial charge is 0.247 e. The molecule has 26 heavy (non-hydrogen) atoms. The number of aryl methyl sites for hydroxylation is 1. The van der Waals surface area contributed by atoms with Crippen LogP contribution in [0.25, 0.3) is 11.5 Å². The van der Waals surface area contributed by atoms with Crippen LogP contribution in [0.5, 0.6) is 5.75 Å². The Labute approximate surface area is 150 Å². The van der Waals surface area contributed by atoms with E-state index in [2.05, 4.69) is 15.5 Å². The zero-order valence-electron chi connectivity index (χ0n) is 14.2. The van der Waals surface area contributed by atoms with E-state index in [0.29, 0.717) is 24.3 Å². The summed E-state index contributed by atoms with van der Waals surface area (Å²) in [7, 11) is 1.61. The number of carbonyl (C=O) groups is 1. The summed E-state index contributed by atoms with van der Waals surface area (Å²) in [6, 6.07) is 13.3. The van der Waals surface area contributed by atoms with Gasteiger partial charge >= 0.3 is 0 Å². The number of halogens is 1. The molecule has 0 unspecified atom stereocenters. The predicted octanol–water partition coefficient (Wildman–Crippen LogP) is 3.13. The third-order valence-electron chi connectivity index (χ3n) is 3.79. The molecule has 0 saturated heterocycles. The summed E-state index contributed by atoms with van der Waals surface area (Å²) in [4.78, 5) is 12.0. The number of rotatable bonds is 7. The van der Waals surface area contributed by atoms with Crippen molar-refractivity contribution in [3.63, 3.8) is 0 Å². The van der Waals surface area contributed by atoms with Gasteiger partial charge in [0.1, 0.15) is 11.6 Å². The fourth-order valence-electron chi connectivity index (χ4n) is 2.35. The van der Waals surface area contributed by atoms with Gasteiger partial charge in [0.25, 0.3) is 0 Å². The van der Waals surface area contributed by atoms with Gasteiger partial charge in [0.2, 0.25) is 17.7 Å². The number of carbonyl (C=O) groups excluding carboxylic acids is 1. The minimum Gasteiger partial charge on any atom is -0.497 e. The second-order valence-electron chi connectivity index (χ2n) is 5.63. The van der Waals surface area contributed by atoms with Crippen LogP contribution in [0.15, 0.2) is 52.9 Å². The zero-order chi connectivity index (χ0) is 18.4. The summed E-state index contributed by atoms with van der Waals surface area (Å²) < 4.78 is 23.5. The summed E-state index contributed by atoms with van der Waals surface area (Å²) in [5, 5.41) is 10.5. The van der Waals surface area contributed by atoms with E-state index in [9.17, 15) is 9.18 Å². The third kappa shape index (κ3) is 4.66. The highest BCUT2D eigenvalue weighted by molar-refractivity contribution is 5.76. The SMILES string of the molecule is COc1ccc(CCC(=O)NCc2nnc(-c3ccc(F)cc3)o2)cc1. The molecule has 7 heteroatoms. The largest absolute Gasteiger partial charge is 0.497 e. The molecule has 0 bridgehead atoms. The van der Waals surface area contributed by atoms with Crippen LogP contribution in [0.3, 0.4) is 0 Å². The Morgan fingerprint density at radius 3 is 2.54 bits per heavy atom. The second kappa shape index (κ2) is 8.24. The van der Waals surface area contributed by atoms with E-state index in [-0.39, 0.29) is 24.2 Å². The van der Waals surface area contributed by atoms with Gasteiger partial charge in [-0.3, -0.25) is 4.79 Å². The fourth-order valence-corrected chi connectivity index (χ4v) is 2.35. The number of methoxy groups -OCH3 is 1. The molecule has 0 aliphatic heterocycles. The molecule has 1 amide bonds. The van der Waals surface area contributed by atoms with Gasteiger partial charge in [-0.1, -0.05) is 12.1 Å². The van der Waals surface area contributed by atoms with Crippen LogP contribution in [0.2, 0.25) is 0 Å². The van der Waals surface area contributed by atoms with Crippen molar-refractivity contribution in [2.75, 3.05) is 7.11 Å². The molecule has 0 spiro atoms. The summed E-state index contributed by atoms with van der Waals surface area (Å²) in [5.74, 6) is 0.918. The van der Waals surface area contributed by atoms with E-state index in [0.717, 1.165) is 11.3 Å². The number of aromatic nitrogens is 2. The van der Waals surface area contributed by atoms with Gasteiger partial charge in [0.15, 0.2) is 0 Å². The van der Waals surface area contributed by atoms with E-state index >= 15 is 0 Å². The number of nitrogens with one attached hydrogen (secondary N) is 1. The fraction of sp³-hybridized carbons (Fsp3) is 0.211. The van der Waals surface area contributed by atoms with E-state index in [1.807, 2.05) is 24.3 Å². The molecule has 1 heterocycles. The first-order valence-corrected chi connectivity index (χ1v) is 8.12. The Balaban J connectivity index is 1.47. The van der Waals surface area contributed by atoms with E-state index in [1.165, 1.54) is 12.1 Å². The standard InChI is InChI=1S/C19H18FN3O3/c1-25-16-9-2-13(3-10-16)4-11-17(24)21-12-18-22-23-19(26-18)14-5-7-15(20)8-6-14/h2-3,5-10H,4,11-12H2,1H3,(H,21,24). The van der Waals surface area contributed by atoms with Crippen LogP contribution < -0.4 is 10.1 Å². The molecule has 0 fully saturated rings. The summed E-state index contributed by atoms with van der Waals surface area (Å²) in [6.07, 6.45) is 0.978. The quantitative estimate of drug-likeness (QED) is 0.704. The first-order chi connectivity index (χ1) is 12.6. The maximum atomic E-state index is 12.9. The average Bonchev–Trinajstić information content (AvgIpc) is 3.14. The van der Waals surface area contributed by atoms with Gasteiger partial charge in [-0.15, -0.1) is 10.2 Å². The van der Waals surface area contributed by atoms with Gasteiger partial charge in [-0.05, 0) is 48.4 Å². The Morgan fingerprint density at radius 2 is 1.85 bits per heavy atom. The van der Waals surface area contributed by atoms with Crippen LogP contribution in [0.4, 0.5) is 4.39 Å². The van der Waals surface area contributed by atoms with Crippen LogP contribution in [0, 0.1) is 5.82 Å². The van der Waals surface area contributed by atoms with Crippen molar-refractivity contribution in [1.82, 2.24) is 15.5 Å². The molecule has 3 rings (SSSR count). The van der Waals surface area contributed by atoms with Crippen molar-refractivity contribution in [2.24, 2.45) is 0 Å². The lowest BCUT2D eigenvalue weighted by molar-refractivity contribution is -0.121. The van der Waals surface area contributed by atoms with Crippen LogP contribution in [-0.4, -0.2) is 23.2 Å². The molecular formula is C19H18FN3O3. The maximum Gasteiger partial charge on any atom is 0.247 e. The average molecular weight is 355 g/mol. The molecule has 1 aromatic heterocycles. The lowest BCUT2D eigenvalue weighted by Crippen LogP contribution is -2.23. The van der Waals surface area contributed by atoms with Crippen molar-refractivity contribution in [2.45, 2.75) is 19.4 Å². The number of nitrogens with zero attached hydrogens (tertiary/aromatic N) is 2. The molecule has 1 N–H and O–H groups in total. The minimum absolute atomic E-state index is 0.109. The highest BCUT2D eigenvalue weighted by Gasteiger charge is 2.10. The Hall–Kier alpha value is -3.22. The monoisotopic (exact) mass is 355 g/mol. The normalized spacial score (nSPS) is 10.5. The van der Waals surface area contributed by atoms with Crippen molar-refractivity contribution < 1.29 is 18.3 Å². The molecule has 3 aromatic rings. The van der Waals surface area contributed by atoms with Crippen LogP contribution >= 0.6 is 0 Å². The highest BCUT2D eigenvalue weighted by Crippen LogP contribution is 2.18. The highest BCUT2D eigenvalue weighted by atomic mass is 19.1. The molecule has 0 aliphatic carbocycles. The van der Waals surface area contributed by atoms with Gasteiger partial charge in [-0.25, -0.2) is 4.39 Å². The van der Waals surface area contributed by atoms with E-state index in [4.69, 9.17) is 9.15 Å². The Kier molecular flexibility index (Phi) is 5.58. The first kappa shape index (κ1) is 17.6. The van der Waals surface area contributed by atoms with Crippen molar-refractivity contribution in [3.8, 4) is 17.2 Å². The van der Waals surface area contributed by atoms with Gasteiger partial charge < -0.3 is 14.5 Å². The number of benzene rings is 2. The minimum atomic E-state index is -0.336. The van der Waals surface area contributed by atoms with Crippen LogP contribution in [-0.2, 0) is 17.8 Å². The van der Waals surface area contributed by atoms with Crippen LogP contribution in [0.1, 0.15) is 17.9 Å². The lowest BCUT2D eigenvalue weighted by Gasteiger charge is -2.04. The second-order valence-corrected chi connectivity index (χ2v) is 5.63. The summed E-state index contributed by atoms with van der Waals surface area (Å²) in [5.41, 5.74) is 1.67. The lowest BCUT2D eigenvalue weighted by atomic mass is 10.1.